The number of halogens is 5. The first-order valence-electron chi connectivity index (χ1n) is 6.30. The Kier molecular flexibility index (Phi) is 3.35. The van der Waals surface area contributed by atoms with Crippen LogP contribution in [0.5, 0.6) is 0 Å². The molecule has 0 saturated carbocycles. The second kappa shape index (κ2) is 5.08. The van der Waals surface area contributed by atoms with Crippen molar-refractivity contribution in [2.75, 3.05) is 0 Å². The van der Waals surface area contributed by atoms with E-state index in [4.69, 9.17) is 0 Å². The van der Waals surface area contributed by atoms with Crippen LogP contribution in [0.15, 0.2) is 48.7 Å². The van der Waals surface area contributed by atoms with Crippen molar-refractivity contribution >= 4 is 5.52 Å². The number of rotatable bonds is 2. The lowest BCUT2D eigenvalue weighted by Gasteiger charge is -2.10. The lowest BCUT2D eigenvalue weighted by atomic mass is 10.0. The highest BCUT2D eigenvalue weighted by Crippen LogP contribution is 2.32. The highest BCUT2D eigenvalue weighted by Gasteiger charge is 2.30. The highest BCUT2D eigenvalue weighted by atomic mass is 19.4. The van der Waals surface area contributed by atoms with Crippen molar-refractivity contribution in [2.24, 2.45) is 0 Å². The molecule has 3 rings (SSSR count). The van der Waals surface area contributed by atoms with E-state index in [1.807, 2.05) is 0 Å². The molecule has 0 spiro atoms. The molecule has 7 heteroatoms. The molecule has 22 heavy (non-hydrogen) atoms. The molecule has 0 bridgehead atoms. The zero-order chi connectivity index (χ0) is 15.9. The van der Waals surface area contributed by atoms with Gasteiger partial charge < -0.3 is 0 Å². The fourth-order valence-electron chi connectivity index (χ4n) is 2.23. The summed E-state index contributed by atoms with van der Waals surface area (Å²) in [5.74, 6) is 0. The van der Waals surface area contributed by atoms with E-state index in [0.29, 0.717) is 16.6 Å². The van der Waals surface area contributed by atoms with E-state index in [1.54, 1.807) is 12.1 Å². The number of nitrogens with zero attached hydrogens (tertiary/aromatic N) is 2. The van der Waals surface area contributed by atoms with Gasteiger partial charge in [0.05, 0.1) is 11.1 Å². The molecule has 0 aliphatic carbocycles. The normalized spacial score (nSPS) is 12.3. The third kappa shape index (κ3) is 2.54. The first kappa shape index (κ1) is 14.5. The van der Waals surface area contributed by atoms with Gasteiger partial charge >= 0.3 is 6.18 Å². The molecule has 0 aliphatic rings. The number of benzene rings is 1. The van der Waals surface area contributed by atoms with Crippen LogP contribution in [0.4, 0.5) is 22.0 Å². The number of fused-ring (bicyclic) bond motifs is 1. The summed E-state index contributed by atoms with van der Waals surface area (Å²) in [5.41, 5.74) is 0.205. The SMILES string of the molecule is FC(F)c1cc(-c2ccc(C(F)(F)F)cc2)cc2ccnn12. The minimum Gasteiger partial charge on any atom is -0.232 e. The lowest BCUT2D eigenvalue weighted by molar-refractivity contribution is -0.137. The number of alkyl halides is 5. The molecule has 0 saturated heterocycles. The van der Waals surface area contributed by atoms with Crippen LogP contribution < -0.4 is 0 Å². The Hall–Kier alpha value is -2.44. The van der Waals surface area contributed by atoms with Gasteiger partial charge in [-0.15, -0.1) is 0 Å². The molecular weight excluding hydrogens is 303 g/mol. The molecule has 3 aromatic rings. The molecule has 0 fully saturated rings. The van der Waals surface area contributed by atoms with Gasteiger partial charge in [0.15, 0.2) is 0 Å². The summed E-state index contributed by atoms with van der Waals surface area (Å²) in [6.07, 6.45) is -5.78. The van der Waals surface area contributed by atoms with Crippen molar-refractivity contribution in [1.29, 1.82) is 0 Å². The molecule has 0 unspecified atom stereocenters. The van der Waals surface area contributed by atoms with E-state index < -0.39 is 18.2 Å². The van der Waals surface area contributed by atoms with Crippen LogP contribution in [0.25, 0.3) is 16.6 Å². The summed E-state index contributed by atoms with van der Waals surface area (Å²) < 4.78 is 64.9. The van der Waals surface area contributed by atoms with Crippen LogP contribution in [0, 0.1) is 0 Å². The molecule has 0 N–H and O–H groups in total. The van der Waals surface area contributed by atoms with E-state index in [9.17, 15) is 22.0 Å². The minimum absolute atomic E-state index is 0.308. The van der Waals surface area contributed by atoms with E-state index >= 15 is 0 Å². The predicted octanol–water partition coefficient (Wildman–Crippen LogP) is 4.96. The van der Waals surface area contributed by atoms with Crippen molar-refractivity contribution in [3.63, 3.8) is 0 Å². The Morgan fingerprint density at radius 3 is 2.18 bits per heavy atom. The largest absolute Gasteiger partial charge is 0.416 e. The molecule has 2 aromatic heterocycles. The minimum atomic E-state index is -4.43. The Bertz CT molecular complexity index is 803. The maximum Gasteiger partial charge on any atom is 0.416 e. The molecular formula is C15H9F5N2. The van der Waals surface area contributed by atoms with E-state index in [-0.39, 0.29) is 5.69 Å². The molecule has 2 nitrogen and oxygen atoms in total. The topological polar surface area (TPSA) is 17.3 Å². The summed E-state index contributed by atoms with van der Waals surface area (Å²) in [7, 11) is 0. The Balaban J connectivity index is 2.10. The number of aromatic nitrogens is 2. The molecule has 0 radical (unpaired) electrons. The van der Waals surface area contributed by atoms with Gasteiger partial charge in [-0.1, -0.05) is 12.1 Å². The molecule has 0 atom stereocenters. The van der Waals surface area contributed by atoms with Gasteiger partial charge in [0, 0.05) is 6.20 Å². The smallest absolute Gasteiger partial charge is 0.232 e. The molecule has 1 aromatic carbocycles. The van der Waals surface area contributed by atoms with Crippen LogP contribution >= 0.6 is 0 Å². The van der Waals surface area contributed by atoms with Gasteiger partial charge in [0.1, 0.15) is 5.69 Å². The highest BCUT2D eigenvalue weighted by molar-refractivity contribution is 5.70. The predicted molar refractivity (Wildman–Crippen MR) is 70.6 cm³/mol. The molecule has 0 amide bonds. The van der Waals surface area contributed by atoms with Gasteiger partial charge in [-0.2, -0.15) is 18.3 Å². The molecule has 2 heterocycles. The zero-order valence-corrected chi connectivity index (χ0v) is 11.0. The van der Waals surface area contributed by atoms with Crippen LogP contribution in [0.2, 0.25) is 0 Å². The van der Waals surface area contributed by atoms with Crippen molar-refractivity contribution in [2.45, 2.75) is 12.6 Å². The average molecular weight is 312 g/mol. The number of hydrogen-bond acceptors (Lipinski definition) is 1. The number of pyridine rings is 1. The Morgan fingerprint density at radius 2 is 1.59 bits per heavy atom. The summed E-state index contributed by atoms with van der Waals surface area (Å²) in [6, 6.07) is 8.77. The molecule has 114 valence electrons. The monoisotopic (exact) mass is 312 g/mol. The maximum absolute atomic E-state index is 13.1. The maximum atomic E-state index is 13.1. The molecule has 0 aliphatic heterocycles. The van der Waals surface area contributed by atoms with Gasteiger partial charge in [0.25, 0.3) is 6.43 Å². The quantitative estimate of drug-likeness (QED) is 0.612. The first-order chi connectivity index (χ1) is 10.4. The third-order valence-corrected chi connectivity index (χ3v) is 3.29. The summed E-state index contributed by atoms with van der Waals surface area (Å²) in [6.45, 7) is 0. The van der Waals surface area contributed by atoms with E-state index in [1.165, 1.54) is 24.4 Å². The third-order valence-electron chi connectivity index (χ3n) is 3.29. The summed E-state index contributed by atoms with van der Waals surface area (Å²) >= 11 is 0. The van der Waals surface area contributed by atoms with E-state index in [2.05, 4.69) is 5.10 Å². The Morgan fingerprint density at radius 1 is 0.909 bits per heavy atom. The van der Waals surface area contributed by atoms with Crippen LogP contribution in [0.3, 0.4) is 0 Å². The summed E-state index contributed by atoms with van der Waals surface area (Å²) in [4.78, 5) is 0. The second-order valence-corrected chi connectivity index (χ2v) is 4.71. The van der Waals surface area contributed by atoms with Crippen molar-refractivity contribution in [3.05, 3.63) is 59.9 Å². The van der Waals surface area contributed by atoms with E-state index in [0.717, 1.165) is 16.6 Å². The van der Waals surface area contributed by atoms with Crippen molar-refractivity contribution in [3.8, 4) is 11.1 Å². The second-order valence-electron chi connectivity index (χ2n) is 4.71. The average Bonchev–Trinajstić information content (AvgIpc) is 2.93. The first-order valence-corrected chi connectivity index (χ1v) is 6.30. The zero-order valence-electron chi connectivity index (χ0n) is 11.0. The fraction of sp³-hybridized carbons (Fsp3) is 0.133. The Labute approximate surface area is 121 Å². The standard InChI is InChI=1S/C15H9F5N2/c16-14(17)13-8-10(7-12-5-6-21-22(12)13)9-1-3-11(4-2-9)15(18,19)20/h1-8,14H. The summed E-state index contributed by atoms with van der Waals surface area (Å²) in [5, 5.41) is 3.81. The van der Waals surface area contributed by atoms with Gasteiger partial charge in [-0.05, 0) is 41.5 Å². The van der Waals surface area contributed by atoms with Crippen LogP contribution in [-0.2, 0) is 6.18 Å². The van der Waals surface area contributed by atoms with Gasteiger partial charge in [0.2, 0.25) is 0 Å². The van der Waals surface area contributed by atoms with Crippen molar-refractivity contribution in [1.82, 2.24) is 9.61 Å². The van der Waals surface area contributed by atoms with Crippen molar-refractivity contribution < 1.29 is 22.0 Å². The van der Waals surface area contributed by atoms with Crippen LogP contribution in [0.1, 0.15) is 17.7 Å². The van der Waals surface area contributed by atoms with Crippen LogP contribution in [-0.4, -0.2) is 9.61 Å². The van der Waals surface area contributed by atoms with Gasteiger partial charge in [-0.3, -0.25) is 0 Å². The lowest BCUT2D eigenvalue weighted by Crippen LogP contribution is -2.04. The number of hydrogen-bond donors (Lipinski definition) is 0. The fourth-order valence-corrected chi connectivity index (χ4v) is 2.23. The van der Waals surface area contributed by atoms with Gasteiger partial charge in [-0.25, -0.2) is 13.3 Å².